The van der Waals surface area contributed by atoms with Gasteiger partial charge in [0, 0.05) is 23.5 Å². The predicted octanol–water partition coefficient (Wildman–Crippen LogP) is 3.95. The zero-order valence-electron chi connectivity index (χ0n) is 11.0. The molecule has 94 valence electrons. The fourth-order valence-corrected chi connectivity index (χ4v) is 1.80. The molecule has 0 N–H and O–H groups in total. The van der Waals surface area contributed by atoms with Gasteiger partial charge in [0.1, 0.15) is 0 Å². The molecule has 1 nitrogen and oxygen atoms in total. The highest BCUT2D eigenvalue weighted by Gasteiger charge is 2.08. The van der Waals surface area contributed by atoms with E-state index in [4.69, 9.17) is 0 Å². The van der Waals surface area contributed by atoms with Crippen molar-refractivity contribution in [3.63, 3.8) is 0 Å². The number of ketones is 1. The molecular weight excluding hydrogens is 232 g/mol. The molecule has 0 aliphatic heterocycles. The number of carbonyl (C=O) groups excluding carboxylic acids is 1. The second-order valence-electron chi connectivity index (χ2n) is 4.53. The lowest BCUT2D eigenvalue weighted by molar-refractivity contribution is 0.0973. The minimum Gasteiger partial charge on any atom is -0.294 e. The summed E-state index contributed by atoms with van der Waals surface area (Å²) in [6, 6.07) is 19.2. The summed E-state index contributed by atoms with van der Waals surface area (Å²) >= 11 is 0. The maximum absolute atomic E-state index is 12.0. The van der Waals surface area contributed by atoms with Gasteiger partial charge in [-0.2, -0.15) is 0 Å². The Balaban J connectivity index is 1.97. The van der Waals surface area contributed by atoms with Crippen molar-refractivity contribution in [1.82, 2.24) is 0 Å². The Morgan fingerprint density at radius 2 is 1.58 bits per heavy atom. The highest BCUT2D eigenvalue weighted by Crippen LogP contribution is 2.09. The second kappa shape index (κ2) is 6.56. The molecule has 0 aromatic heterocycles. The maximum Gasteiger partial charge on any atom is 0.164 e. The largest absolute Gasteiger partial charge is 0.294 e. The first kappa shape index (κ1) is 13.1. The van der Waals surface area contributed by atoms with Gasteiger partial charge in [0.05, 0.1) is 0 Å². The first-order chi connectivity index (χ1) is 9.25. The fourth-order valence-electron chi connectivity index (χ4n) is 1.80. The maximum atomic E-state index is 12.0. The van der Waals surface area contributed by atoms with E-state index in [0.29, 0.717) is 6.42 Å². The molecule has 0 heterocycles. The van der Waals surface area contributed by atoms with E-state index in [1.54, 1.807) is 0 Å². The number of rotatable bonds is 3. The van der Waals surface area contributed by atoms with E-state index in [2.05, 4.69) is 11.8 Å². The molecule has 0 saturated heterocycles. The minimum absolute atomic E-state index is 0.0629. The second-order valence-corrected chi connectivity index (χ2v) is 4.53. The Hall–Kier alpha value is -2.33. The summed E-state index contributed by atoms with van der Waals surface area (Å²) in [7, 11) is 0. The standard InChI is InChI=1S/C18H16O/c1-15(12-13-16-8-4-2-5-9-16)14-18(19)17-10-6-3-7-11-17/h2-11,15H,14H2,1H3. The zero-order chi connectivity index (χ0) is 13.5. The van der Waals surface area contributed by atoms with Crippen molar-refractivity contribution < 1.29 is 4.79 Å². The number of benzene rings is 2. The van der Waals surface area contributed by atoms with Crippen LogP contribution in [-0.4, -0.2) is 5.78 Å². The molecule has 2 aromatic rings. The molecule has 0 spiro atoms. The molecule has 1 atom stereocenters. The monoisotopic (exact) mass is 248 g/mol. The van der Waals surface area contributed by atoms with Gasteiger partial charge < -0.3 is 0 Å². The third-order valence-electron chi connectivity index (χ3n) is 2.82. The van der Waals surface area contributed by atoms with Gasteiger partial charge in [-0.25, -0.2) is 0 Å². The molecule has 1 unspecified atom stereocenters. The minimum atomic E-state index is 0.0629. The first-order valence-corrected chi connectivity index (χ1v) is 6.40. The van der Waals surface area contributed by atoms with E-state index in [-0.39, 0.29) is 11.7 Å². The highest BCUT2D eigenvalue weighted by atomic mass is 16.1. The Morgan fingerprint density at radius 1 is 1.00 bits per heavy atom. The summed E-state index contributed by atoms with van der Waals surface area (Å²) in [5.74, 6) is 6.44. The Bertz CT molecular complexity index is 588. The summed E-state index contributed by atoms with van der Waals surface area (Å²) in [5.41, 5.74) is 1.75. The Kier molecular flexibility index (Phi) is 4.53. The molecular formula is C18H16O. The normalized spacial score (nSPS) is 11.2. The van der Waals surface area contributed by atoms with E-state index in [9.17, 15) is 4.79 Å². The van der Waals surface area contributed by atoms with Crippen LogP contribution in [0, 0.1) is 17.8 Å². The zero-order valence-corrected chi connectivity index (χ0v) is 11.0. The molecule has 2 rings (SSSR count). The molecule has 0 bridgehead atoms. The fraction of sp³-hybridized carbons (Fsp3) is 0.167. The average Bonchev–Trinajstić information content (AvgIpc) is 2.47. The van der Waals surface area contributed by atoms with Gasteiger partial charge in [0.25, 0.3) is 0 Å². The lowest BCUT2D eigenvalue weighted by atomic mass is 10.00. The predicted molar refractivity (Wildman–Crippen MR) is 77.9 cm³/mol. The Labute approximate surface area is 114 Å². The van der Waals surface area contributed by atoms with E-state index in [0.717, 1.165) is 11.1 Å². The van der Waals surface area contributed by atoms with E-state index < -0.39 is 0 Å². The van der Waals surface area contributed by atoms with Crippen LogP contribution in [0.1, 0.15) is 29.3 Å². The van der Waals surface area contributed by atoms with Crippen LogP contribution in [0.4, 0.5) is 0 Å². The molecule has 2 aromatic carbocycles. The van der Waals surface area contributed by atoms with Crippen LogP contribution in [-0.2, 0) is 0 Å². The molecule has 0 amide bonds. The topological polar surface area (TPSA) is 17.1 Å². The molecule has 0 radical (unpaired) electrons. The number of hydrogen-bond donors (Lipinski definition) is 0. The number of hydrogen-bond acceptors (Lipinski definition) is 1. The molecule has 0 aliphatic carbocycles. The van der Waals surface area contributed by atoms with Gasteiger partial charge >= 0.3 is 0 Å². The first-order valence-electron chi connectivity index (χ1n) is 6.40. The van der Waals surface area contributed by atoms with Gasteiger partial charge in [-0.15, -0.1) is 0 Å². The van der Waals surface area contributed by atoms with Crippen LogP contribution >= 0.6 is 0 Å². The van der Waals surface area contributed by atoms with Crippen molar-refractivity contribution in [2.45, 2.75) is 13.3 Å². The number of carbonyl (C=O) groups is 1. The van der Waals surface area contributed by atoms with Crippen LogP contribution in [0.25, 0.3) is 0 Å². The van der Waals surface area contributed by atoms with Gasteiger partial charge in [-0.05, 0) is 12.1 Å². The van der Waals surface area contributed by atoms with Crippen molar-refractivity contribution >= 4 is 5.78 Å². The summed E-state index contributed by atoms with van der Waals surface area (Å²) in [5, 5.41) is 0. The van der Waals surface area contributed by atoms with Crippen LogP contribution in [0.2, 0.25) is 0 Å². The van der Waals surface area contributed by atoms with Crippen LogP contribution in [0.15, 0.2) is 60.7 Å². The van der Waals surface area contributed by atoms with Gasteiger partial charge in [0.15, 0.2) is 5.78 Å². The van der Waals surface area contributed by atoms with Gasteiger partial charge in [-0.3, -0.25) is 4.79 Å². The lowest BCUT2D eigenvalue weighted by Crippen LogP contribution is -2.04. The van der Waals surface area contributed by atoms with Crippen molar-refractivity contribution in [2.75, 3.05) is 0 Å². The van der Waals surface area contributed by atoms with E-state index in [1.807, 2.05) is 67.6 Å². The quantitative estimate of drug-likeness (QED) is 0.594. The molecule has 19 heavy (non-hydrogen) atoms. The summed E-state index contributed by atoms with van der Waals surface area (Å²) in [6.07, 6.45) is 0.462. The van der Waals surface area contributed by atoms with Crippen molar-refractivity contribution in [2.24, 2.45) is 5.92 Å². The van der Waals surface area contributed by atoms with Crippen LogP contribution in [0.3, 0.4) is 0 Å². The highest BCUT2D eigenvalue weighted by molar-refractivity contribution is 5.96. The Morgan fingerprint density at radius 3 is 2.21 bits per heavy atom. The van der Waals surface area contributed by atoms with Crippen molar-refractivity contribution in [3.05, 3.63) is 71.8 Å². The van der Waals surface area contributed by atoms with E-state index >= 15 is 0 Å². The third kappa shape index (κ3) is 4.12. The SMILES string of the molecule is CC(C#Cc1ccccc1)CC(=O)c1ccccc1. The number of Topliss-reactive ketones (excluding diaryl/α,β-unsaturated/α-hetero) is 1. The smallest absolute Gasteiger partial charge is 0.164 e. The van der Waals surface area contributed by atoms with Crippen LogP contribution in [0.5, 0.6) is 0 Å². The molecule has 0 aliphatic rings. The molecule has 0 fully saturated rings. The molecule has 1 heteroatoms. The summed E-state index contributed by atoms with van der Waals surface area (Å²) in [6.45, 7) is 1.98. The lowest BCUT2D eigenvalue weighted by Gasteiger charge is -2.03. The average molecular weight is 248 g/mol. The summed E-state index contributed by atoms with van der Waals surface area (Å²) in [4.78, 5) is 12.0. The van der Waals surface area contributed by atoms with Gasteiger partial charge in [0.2, 0.25) is 0 Å². The third-order valence-corrected chi connectivity index (χ3v) is 2.82. The van der Waals surface area contributed by atoms with Gasteiger partial charge in [-0.1, -0.05) is 67.3 Å². The van der Waals surface area contributed by atoms with Crippen molar-refractivity contribution in [3.8, 4) is 11.8 Å². The van der Waals surface area contributed by atoms with Crippen molar-refractivity contribution in [1.29, 1.82) is 0 Å². The summed E-state index contributed by atoms with van der Waals surface area (Å²) < 4.78 is 0. The van der Waals surface area contributed by atoms with E-state index in [1.165, 1.54) is 0 Å². The van der Waals surface area contributed by atoms with Crippen LogP contribution < -0.4 is 0 Å². The molecule has 0 saturated carbocycles.